The van der Waals surface area contributed by atoms with Crippen molar-refractivity contribution >= 4 is 38.9 Å². The van der Waals surface area contributed by atoms with Crippen LogP contribution in [0.2, 0.25) is 5.02 Å². The molecule has 37 heavy (non-hydrogen) atoms. The van der Waals surface area contributed by atoms with Crippen molar-refractivity contribution in [3.8, 4) is 0 Å². The predicted octanol–water partition coefficient (Wildman–Crippen LogP) is 4.84. The Balaban J connectivity index is 1.42. The largest absolute Gasteiger partial charge is 0.356 e. The molecule has 2 aliphatic rings. The lowest BCUT2D eigenvalue weighted by Gasteiger charge is -2.25. The van der Waals surface area contributed by atoms with E-state index in [1.165, 1.54) is 12.1 Å². The summed E-state index contributed by atoms with van der Waals surface area (Å²) in [6.07, 6.45) is 3.11. The monoisotopic (exact) mass is 536 g/mol. The highest BCUT2D eigenvalue weighted by atomic mass is 35.5. The maximum Gasteiger partial charge on any atom is 0.258 e. The fraction of sp³-hybridized carbons (Fsp3) is 0.310. The Bertz CT molecular complexity index is 1400. The number of rotatable bonds is 6. The summed E-state index contributed by atoms with van der Waals surface area (Å²) < 4.78 is 27.6. The quantitative estimate of drug-likeness (QED) is 0.488. The van der Waals surface area contributed by atoms with Crippen molar-refractivity contribution in [3.05, 3.63) is 94.5 Å². The van der Waals surface area contributed by atoms with Crippen molar-refractivity contribution in [2.24, 2.45) is 5.92 Å². The highest BCUT2D eigenvalue weighted by molar-refractivity contribution is 7.92. The number of halogens is 1. The van der Waals surface area contributed by atoms with E-state index in [1.807, 2.05) is 24.3 Å². The molecule has 3 aromatic rings. The number of para-hydroxylation sites is 1. The van der Waals surface area contributed by atoms with Gasteiger partial charge in [0.15, 0.2) is 9.84 Å². The summed E-state index contributed by atoms with van der Waals surface area (Å²) >= 11 is 5.99. The van der Waals surface area contributed by atoms with E-state index in [-0.39, 0.29) is 23.1 Å². The molecule has 2 amide bonds. The number of amides is 2. The van der Waals surface area contributed by atoms with Gasteiger partial charge < -0.3 is 10.2 Å². The van der Waals surface area contributed by atoms with E-state index in [1.54, 1.807) is 41.3 Å². The van der Waals surface area contributed by atoms with Crippen LogP contribution < -0.4 is 10.2 Å². The molecule has 5 rings (SSSR count). The minimum atomic E-state index is -3.83. The maximum absolute atomic E-state index is 13.8. The standard InChI is InChI=1S/C29H29ClN2O4S/c30-23-12-14-24(15-13-23)37(35,36)27(25-6-3-4-17-31-28(25)33)19-20-8-10-22(11-9-20)29(34)32-18-16-21-5-1-2-7-26(21)32/h1-2,5,7-15,25,27H,3-4,6,16-19H2,(H,31,33). The second-order valence-corrected chi connectivity index (χ2v) is 12.3. The highest BCUT2D eigenvalue weighted by Gasteiger charge is 2.39. The van der Waals surface area contributed by atoms with Crippen molar-refractivity contribution in [3.63, 3.8) is 0 Å². The summed E-state index contributed by atoms with van der Waals surface area (Å²) in [6.45, 7) is 1.19. The molecule has 0 bridgehead atoms. The number of hydrogen-bond donors (Lipinski definition) is 1. The number of hydrogen-bond acceptors (Lipinski definition) is 4. The van der Waals surface area contributed by atoms with Gasteiger partial charge in [-0.05, 0) is 79.3 Å². The van der Waals surface area contributed by atoms with Crippen molar-refractivity contribution in [1.82, 2.24) is 5.32 Å². The van der Waals surface area contributed by atoms with Gasteiger partial charge in [0.2, 0.25) is 5.91 Å². The van der Waals surface area contributed by atoms with Crippen LogP contribution in [0.3, 0.4) is 0 Å². The highest BCUT2D eigenvalue weighted by Crippen LogP contribution is 2.31. The lowest BCUT2D eigenvalue weighted by atomic mass is 9.93. The minimum Gasteiger partial charge on any atom is -0.356 e. The molecule has 0 aliphatic carbocycles. The maximum atomic E-state index is 13.8. The number of nitrogens with zero attached hydrogens (tertiary/aromatic N) is 1. The second-order valence-electron chi connectivity index (χ2n) is 9.67. The Morgan fingerprint density at radius 3 is 2.49 bits per heavy atom. The zero-order valence-corrected chi connectivity index (χ0v) is 22.0. The lowest BCUT2D eigenvalue weighted by Crippen LogP contribution is -2.41. The van der Waals surface area contributed by atoms with Crippen LogP contribution in [0, 0.1) is 5.92 Å². The van der Waals surface area contributed by atoms with E-state index in [0.717, 1.165) is 36.1 Å². The summed E-state index contributed by atoms with van der Waals surface area (Å²) in [5.74, 6) is -0.963. The summed E-state index contributed by atoms with van der Waals surface area (Å²) in [4.78, 5) is 28.1. The number of benzene rings is 3. The zero-order chi connectivity index (χ0) is 26.0. The second kappa shape index (κ2) is 10.7. The van der Waals surface area contributed by atoms with Crippen LogP contribution in [0.4, 0.5) is 5.69 Å². The van der Waals surface area contributed by atoms with Gasteiger partial charge in [0.05, 0.1) is 16.1 Å². The topological polar surface area (TPSA) is 83.6 Å². The fourth-order valence-electron chi connectivity index (χ4n) is 5.31. The lowest BCUT2D eigenvalue weighted by molar-refractivity contribution is -0.124. The molecule has 0 saturated carbocycles. The number of carbonyl (C=O) groups is 2. The third kappa shape index (κ3) is 5.29. The summed E-state index contributed by atoms with van der Waals surface area (Å²) in [7, 11) is -3.83. The van der Waals surface area contributed by atoms with Crippen LogP contribution in [0.5, 0.6) is 0 Å². The Hall–Kier alpha value is -3.16. The third-order valence-electron chi connectivity index (χ3n) is 7.34. The zero-order valence-electron chi connectivity index (χ0n) is 20.4. The first-order valence-electron chi connectivity index (χ1n) is 12.6. The molecule has 0 aromatic heterocycles. The van der Waals surface area contributed by atoms with Crippen LogP contribution in [-0.2, 0) is 27.5 Å². The molecule has 0 radical (unpaired) electrons. The first-order valence-corrected chi connectivity index (χ1v) is 14.5. The SMILES string of the molecule is O=C1NCCCCC1C(Cc1ccc(C(=O)N2CCc3ccccc32)cc1)S(=O)(=O)c1ccc(Cl)cc1. The number of anilines is 1. The molecule has 0 spiro atoms. The normalized spacial score (nSPS) is 18.6. The van der Waals surface area contributed by atoms with E-state index in [9.17, 15) is 18.0 Å². The number of sulfone groups is 1. The van der Waals surface area contributed by atoms with Crippen LogP contribution in [0.25, 0.3) is 0 Å². The van der Waals surface area contributed by atoms with Gasteiger partial charge >= 0.3 is 0 Å². The molecule has 2 atom stereocenters. The third-order valence-corrected chi connectivity index (χ3v) is 9.81. The van der Waals surface area contributed by atoms with Gasteiger partial charge in [-0.25, -0.2) is 8.42 Å². The molecular weight excluding hydrogens is 508 g/mol. The van der Waals surface area contributed by atoms with Gasteiger partial charge in [0.25, 0.3) is 5.91 Å². The molecule has 2 heterocycles. The van der Waals surface area contributed by atoms with Gasteiger partial charge in [-0.1, -0.05) is 48.4 Å². The molecule has 6 nitrogen and oxygen atoms in total. The van der Waals surface area contributed by atoms with Crippen LogP contribution in [0.1, 0.15) is 40.7 Å². The molecule has 1 N–H and O–H groups in total. The molecule has 1 fully saturated rings. The summed E-state index contributed by atoms with van der Waals surface area (Å²) in [5, 5.41) is 2.40. The number of nitrogens with one attached hydrogen (secondary N) is 1. The van der Waals surface area contributed by atoms with Gasteiger partial charge in [0.1, 0.15) is 0 Å². The molecule has 2 unspecified atom stereocenters. The minimum absolute atomic E-state index is 0.0787. The van der Waals surface area contributed by atoms with Gasteiger partial charge in [-0.3, -0.25) is 9.59 Å². The van der Waals surface area contributed by atoms with Crippen LogP contribution in [0.15, 0.2) is 77.7 Å². The van der Waals surface area contributed by atoms with Gasteiger partial charge in [-0.2, -0.15) is 0 Å². The van der Waals surface area contributed by atoms with Crippen LogP contribution >= 0.6 is 11.6 Å². The van der Waals surface area contributed by atoms with E-state index in [2.05, 4.69) is 5.32 Å². The summed E-state index contributed by atoms with van der Waals surface area (Å²) in [6, 6.07) is 21.1. The Morgan fingerprint density at radius 1 is 1.00 bits per heavy atom. The number of carbonyl (C=O) groups excluding carboxylic acids is 2. The smallest absolute Gasteiger partial charge is 0.258 e. The van der Waals surface area contributed by atoms with Crippen LogP contribution in [-0.4, -0.2) is 38.6 Å². The van der Waals surface area contributed by atoms with Gasteiger partial charge in [-0.15, -0.1) is 0 Å². The first kappa shape index (κ1) is 25.5. The van der Waals surface area contributed by atoms with E-state index in [4.69, 9.17) is 11.6 Å². The van der Waals surface area contributed by atoms with Crippen molar-refractivity contribution in [2.45, 2.75) is 42.2 Å². The predicted molar refractivity (Wildman–Crippen MR) is 145 cm³/mol. The Kier molecular flexibility index (Phi) is 7.36. The van der Waals surface area contributed by atoms with E-state index >= 15 is 0 Å². The van der Waals surface area contributed by atoms with Crippen molar-refractivity contribution in [2.75, 3.05) is 18.0 Å². The van der Waals surface area contributed by atoms with Crippen molar-refractivity contribution < 1.29 is 18.0 Å². The number of fused-ring (bicyclic) bond motifs is 1. The van der Waals surface area contributed by atoms with Gasteiger partial charge in [0, 0.05) is 29.4 Å². The van der Waals surface area contributed by atoms with Crippen molar-refractivity contribution in [1.29, 1.82) is 0 Å². The molecule has 3 aromatic carbocycles. The molecule has 192 valence electrons. The molecule has 2 aliphatic heterocycles. The fourth-order valence-corrected chi connectivity index (χ4v) is 7.40. The molecular formula is C29H29ClN2O4S. The molecule has 8 heteroatoms. The molecule has 1 saturated heterocycles. The van der Waals surface area contributed by atoms with E-state index < -0.39 is 21.0 Å². The Morgan fingerprint density at radius 2 is 1.73 bits per heavy atom. The first-order chi connectivity index (χ1) is 17.8. The summed E-state index contributed by atoms with van der Waals surface area (Å²) in [5.41, 5.74) is 3.40. The average molecular weight is 537 g/mol. The average Bonchev–Trinajstić information content (AvgIpc) is 3.22. The Labute approximate surface area is 222 Å². The van der Waals surface area contributed by atoms with E-state index in [0.29, 0.717) is 30.1 Å².